The van der Waals surface area contributed by atoms with Gasteiger partial charge in [-0.3, -0.25) is 0 Å². The van der Waals surface area contributed by atoms with E-state index in [9.17, 15) is 9.59 Å². The van der Waals surface area contributed by atoms with Crippen LogP contribution in [0.25, 0.3) is 0 Å². The number of carbonyl (C=O) groups is 2. The van der Waals surface area contributed by atoms with Gasteiger partial charge in [0.1, 0.15) is 11.8 Å². The van der Waals surface area contributed by atoms with Crippen LogP contribution in [-0.4, -0.2) is 43.4 Å². The molecule has 1 saturated heterocycles. The second-order valence-electron chi connectivity index (χ2n) is 4.58. The van der Waals surface area contributed by atoms with Gasteiger partial charge in [0.25, 0.3) is 0 Å². The number of nitrogens with zero attached hydrogens (tertiary/aromatic N) is 1. The van der Waals surface area contributed by atoms with Crippen LogP contribution in [0.3, 0.4) is 0 Å². The average Bonchev–Trinajstić information content (AvgIpc) is 2.50. The quantitative estimate of drug-likeness (QED) is 0.791. The highest BCUT2D eigenvalue weighted by atomic mass is 32.2. The van der Waals surface area contributed by atoms with Crippen molar-refractivity contribution < 1.29 is 14.7 Å². The molecule has 1 rings (SSSR count). The van der Waals surface area contributed by atoms with Crippen LogP contribution in [0.1, 0.15) is 33.6 Å². The Bertz CT molecular complexity index is 355. The van der Waals surface area contributed by atoms with E-state index in [1.165, 1.54) is 6.92 Å². The lowest BCUT2D eigenvalue weighted by atomic mass is 10.1. The van der Waals surface area contributed by atoms with Gasteiger partial charge < -0.3 is 14.8 Å². The molecule has 0 aromatic rings. The monoisotopic (exact) mass is 275 g/mol. The summed E-state index contributed by atoms with van der Waals surface area (Å²) in [6, 6.07) is -0.575. The number of thiocarbonyl (C=S) groups is 1. The third-order valence-corrected chi connectivity index (χ3v) is 4.52. The van der Waals surface area contributed by atoms with Crippen LogP contribution in [0.15, 0.2) is 0 Å². The van der Waals surface area contributed by atoms with Crippen LogP contribution in [0, 0.1) is 0 Å². The molecule has 17 heavy (non-hydrogen) atoms. The van der Waals surface area contributed by atoms with E-state index < -0.39 is 12.0 Å². The predicted molar refractivity (Wildman–Crippen MR) is 72.3 cm³/mol. The van der Waals surface area contributed by atoms with E-state index in [4.69, 9.17) is 17.3 Å². The summed E-state index contributed by atoms with van der Waals surface area (Å²) < 4.78 is 0. The molecule has 6 heteroatoms. The Hall–Kier alpha value is -0.620. The summed E-state index contributed by atoms with van der Waals surface area (Å²) in [5.41, 5.74) is 0. The molecule has 0 bridgehead atoms. The van der Waals surface area contributed by atoms with Gasteiger partial charge in [-0.25, -0.2) is 4.79 Å². The van der Waals surface area contributed by atoms with Crippen molar-refractivity contribution in [1.82, 2.24) is 4.90 Å². The number of ketones is 1. The maximum Gasteiger partial charge on any atom is 0.327 e. The number of hydrogen-bond donors (Lipinski definition) is 1. The van der Waals surface area contributed by atoms with Crippen molar-refractivity contribution in [3.63, 3.8) is 0 Å². The molecule has 0 aromatic heterocycles. The number of aliphatic carboxylic acids is 1. The normalized spacial score (nSPS) is 22.5. The van der Waals surface area contributed by atoms with Crippen molar-refractivity contribution in [1.29, 1.82) is 0 Å². The van der Waals surface area contributed by atoms with E-state index in [1.54, 1.807) is 16.7 Å². The standard InChI is InChI=1S/C11H17NO3S2/c1-7(13)4-5-9(16)12-8(10(14)15)6-17-11(12,2)3/h8H,4-6H2,1-3H3,(H,14,15). The molecule has 1 N–H and O–H groups in total. The fourth-order valence-corrected chi connectivity index (χ4v) is 3.61. The molecular formula is C11H17NO3S2. The van der Waals surface area contributed by atoms with Crippen molar-refractivity contribution in [2.45, 2.75) is 44.5 Å². The summed E-state index contributed by atoms with van der Waals surface area (Å²) in [4.78, 5) is 24.1. The number of carbonyl (C=O) groups excluding carboxylic acids is 1. The Morgan fingerprint density at radius 3 is 2.53 bits per heavy atom. The van der Waals surface area contributed by atoms with Gasteiger partial charge in [0.2, 0.25) is 0 Å². The van der Waals surface area contributed by atoms with Crippen LogP contribution in [-0.2, 0) is 9.59 Å². The van der Waals surface area contributed by atoms with Gasteiger partial charge in [-0.15, -0.1) is 11.8 Å². The van der Waals surface area contributed by atoms with Gasteiger partial charge in [-0.1, -0.05) is 12.2 Å². The average molecular weight is 275 g/mol. The minimum Gasteiger partial charge on any atom is -0.480 e. The van der Waals surface area contributed by atoms with Crippen molar-refractivity contribution in [2.24, 2.45) is 0 Å². The van der Waals surface area contributed by atoms with E-state index in [-0.39, 0.29) is 10.7 Å². The SMILES string of the molecule is CC(=O)CCC(=S)N1C(C(=O)O)CSC1(C)C. The van der Waals surface area contributed by atoms with Crippen molar-refractivity contribution >= 4 is 40.7 Å². The summed E-state index contributed by atoms with van der Waals surface area (Å²) in [5, 5.41) is 9.16. The van der Waals surface area contributed by atoms with Crippen molar-refractivity contribution in [2.75, 3.05) is 5.75 Å². The zero-order valence-electron chi connectivity index (χ0n) is 10.2. The lowest BCUT2D eigenvalue weighted by Gasteiger charge is -2.35. The number of Topliss-reactive ketones (excluding diaryl/α,β-unsaturated/α-hetero) is 1. The smallest absolute Gasteiger partial charge is 0.327 e. The Labute approximate surface area is 111 Å². The molecule has 0 amide bonds. The van der Waals surface area contributed by atoms with Crippen LogP contribution >= 0.6 is 24.0 Å². The fraction of sp³-hybridized carbons (Fsp3) is 0.727. The van der Waals surface area contributed by atoms with Gasteiger partial charge in [0.05, 0.1) is 9.86 Å². The second kappa shape index (κ2) is 5.35. The Kier molecular flexibility index (Phi) is 4.55. The summed E-state index contributed by atoms with van der Waals surface area (Å²) in [7, 11) is 0. The third-order valence-electron chi connectivity index (χ3n) is 2.73. The molecule has 0 aliphatic carbocycles. The molecule has 1 unspecified atom stereocenters. The fourth-order valence-electron chi connectivity index (χ4n) is 1.86. The molecule has 0 aromatic carbocycles. The molecule has 1 aliphatic heterocycles. The lowest BCUT2D eigenvalue weighted by Crippen LogP contribution is -2.49. The first kappa shape index (κ1) is 14.4. The van der Waals surface area contributed by atoms with E-state index in [2.05, 4.69) is 0 Å². The highest BCUT2D eigenvalue weighted by molar-refractivity contribution is 8.01. The minimum atomic E-state index is -0.853. The Balaban J connectivity index is 2.79. The lowest BCUT2D eigenvalue weighted by molar-refractivity contribution is -0.141. The number of rotatable bonds is 4. The highest BCUT2D eigenvalue weighted by Gasteiger charge is 2.44. The largest absolute Gasteiger partial charge is 0.480 e. The molecule has 96 valence electrons. The molecule has 1 fully saturated rings. The second-order valence-corrected chi connectivity index (χ2v) is 6.67. The molecule has 1 aliphatic rings. The predicted octanol–water partition coefficient (Wildman–Crippen LogP) is 1.92. The first-order chi connectivity index (χ1) is 7.75. The zero-order valence-corrected chi connectivity index (χ0v) is 11.9. The van der Waals surface area contributed by atoms with Crippen molar-refractivity contribution in [3.05, 3.63) is 0 Å². The van der Waals surface area contributed by atoms with Gasteiger partial charge >= 0.3 is 5.97 Å². The van der Waals surface area contributed by atoms with E-state index >= 15 is 0 Å². The minimum absolute atomic E-state index is 0.0730. The van der Waals surface area contributed by atoms with Gasteiger partial charge in [0.15, 0.2) is 0 Å². The maximum atomic E-state index is 11.2. The number of carboxylic acids is 1. The van der Waals surface area contributed by atoms with Crippen LogP contribution in [0.5, 0.6) is 0 Å². The molecule has 0 saturated carbocycles. The number of thioether (sulfide) groups is 1. The molecule has 0 radical (unpaired) electrons. The van der Waals surface area contributed by atoms with Crippen LogP contribution < -0.4 is 0 Å². The highest BCUT2D eigenvalue weighted by Crippen LogP contribution is 2.39. The van der Waals surface area contributed by atoms with Crippen molar-refractivity contribution in [3.8, 4) is 0 Å². The molecule has 4 nitrogen and oxygen atoms in total. The van der Waals surface area contributed by atoms with E-state index in [0.29, 0.717) is 23.6 Å². The molecule has 0 spiro atoms. The molecular weight excluding hydrogens is 258 g/mol. The zero-order chi connectivity index (χ0) is 13.2. The Morgan fingerprint density at radius 2 is 2.06 bits per heavy atom. The van der Waals surface area contributed by atoms with E-state index in [0.717, 1.165) is 0 Å². The number of carboxylic acid groups (broad SMARTS) is 1. The van der Waals surface area contributed by atoms with Gasteiger partial charge in [-0.2, -0.15) is 0 Å². The van der Waals surface area contributed by atoms with Crippen LogP contribution in [0.2, 0.25) is 0 Å². The topological polar surface area (TPSA) is 57.6 Å². The first-order valence-corrected chi connectivity index (χ1v) is 6.83. The maximum absolute atomic E-state index is 11.2. The Morgan fingerprint density at radius 1 is 1.47 bits per heavy atom. The molecule has 1 atom stereocenters. The summed E-state index contributed by atoms with van der Waals surface area (Å²) in [5.74, 6) is -0.250. The van der Waals surface area contributed by atoms with Gasteiger partial charge in [-0.05, 0) is 20.8 Å². The molecule has 1 heterocycles. The summed E-state index contributed by atoms with van der Waals surface area (Å²) in [6.07, 6.45) is 0.834. The van der Waals surface area contributed by atoms with Crippen LogP contribution in [0.4, 0.5) is 0 Å². The van der Waals surface area contributed by atoms with Gasteiger partial charge in [0, 0.05) is 18.6 Å². The first-order valence-electron chi connectivity index (χ1n) is 5.44. The number of hydrogen-bond acceptors (Lipinski definition) is 4. The summed E-state index contributed by atoms with van der Waals surface area (Å²) in [6.45, 7) is 5.43. The van der Waals surface area contributed by atoms with E-state index in [1.807, 2.05) is 13.8 Å². The summed E-state index contributed by atoms with van der Waals surface area (Å²) >= 11 is 6.85. The third kappa shape index (κ3) is 3.42.